The number of amides is 4. The lowest BCUT2D eigenvalue weighted by atomic mass is 10.1. The van der Waals surface area contributed by atoms with Crippen LogP contribution in [0.2, 0.25) is 0 Å². The standard InChI is InChI=1S/C15H26N4O5/c1-13(2,3)23-11(21)17-9-15(16)7-8-19(10(20)18-15)12(22)24-14(4,5)6/h7-8H,9,16H2,1-6H3,(H,17,21)(H,18,20). The van der Waals surface area contributed by atoms with Crippen molar-refractivity contribution >= 4 is 18.2 Å². The smallest absolute Gasteiger partial charge is 0.422 e. The van der Waals surface area contributed by atoms with Crippen LogP contribution in [0.4, 0.5) is 14.4 Å². The number of hydrogen-bond donors (Lipinski definition) is 3. The quantitative estimate of drug-likeness (QED) is 0.701. The second-order valence-electron chi connectivity index (χ2n) is 7.49. The average Bonchev–Trinajstić information content (AvgIpc) is 2.32. The Kier molecular flexibility index (Phi) is 5.50. The Morgan fingerprint density at radius 2 is 1.75 bits per heavy atom. The van der Waals surface area contributed by atoms with Crippen LogP contribution in [-0.4, -0.2) is 46.5 Å². The molecule has 9 heteroatoms. The largest absolute Gasteiger partial charge is 0.444 e. The maximum atomic E-state index is 12.0. The molecule has 4 N–H and O–H groups in total. The van der Waals surface area contributed by atoms with Gasteiger partial charge in [-0.3, -0.25) is 0 Å². The summed E-state index contributed by atoms with van der Waals surface area (Å²) >= 11 is 0. The zero-order valence-corrected chi connectivity index (χ0v) is 14.9. The van der Waals surface area contributed by atoms with Crippen molar-refractivity contribution in [3.05, 3.63) is 12.3 Å². The molecule has 1 aliphatic rings. The number of hydrogen-bond acceptors (Lipinski definition) is 6. The molecule has 0 aromatic heterocycles. The molecule has 0 radical (unpaired) electrons. The van der Waals surface area contributed by atoms with Gasteiger partial charge in [-0.2, -0.15) is 0 Å². The third kappa shape index (κ3) is 6.45. The van der Waals surface area contributed by atoms with Crippen LogP contribution in [0.1, 0.15) is 41.5 Å². The molecule has 9 nitrogen and oxygen atoms in total. The molecule has 1 atom stereocenters. The van der Waals surface area contributed by atoms with Gasteiger partial charge in [-0.15, -0.1) is 0 Å². The Hall–Kier alpha value is -2.29. The molecule has 0 saturated heterocycles. The van der Waals surface area contributed by atoms with E-state index >= 15 is 0 Å². The van der Waals surface area contributed by atoms with Crippen molar-refractivity contribution in [3.63, 3.8) is 0 Å². The molecule has 1 heterocycles. The molecule has 1 rings (SSSR count). The van der Waals surface area contributed by atoms with Crippen molar-refractivity contribution in [3.8, 4) is 0 Å². The van der Waals surface area contributed by atoms with Crippen LogP contribution in [0.15, 0.2) is 12.3 Å². The van der Waals surface area contributed by atoms with Gasteiger partial charge >= 0.3 is 18.2 Å². The monoisotopic (exact) mass is 342 g/mol. The Morgan fingerprint density at radius 3 is 2.21 bits per heavy atom. The number of imide groups is 1. The van der Waals surface area contributed by atoms with E-state index in [1.54, 1.807) is 41.5 Å². The first-order valence-corrected chi connectivity index (χ1v) is 7.50. The first kappa shape index (κ1) is 19.8. The molecule has 0 saturated carbocycles. The molecule has 0 fully saturated rings. The fraction of sp³-hybridized carbons (Fsp3) is 0.667. The minimum atomic E-state index is -1.34. The van der Waals surface area contributed by atoms with Gasteiger partial charge in [0.1, 0.15) is 16.9 Å². The topological polar surface area (TPSA) is 123 Å². The summed E-state index contributed by atoms with van der Waals surface area (Å²) < 4.78 is 10.2. The predicted molar refractivity (Wildman–Crippen MR) is 86.9 cm³/mol. The van der Waals surface area contributed by atoms with Crippen molar-refractivity contribution in [2.24, 2.45) is 5.73 Å². The second-order valence-corrected chi connectivity index (χ2v) is 7.49. The van der Waals surface area contributed by atoms with Crippen LogP contribution in [0.25, 0.3) is 0 Å². The number of ether oxygens (including phenoxy) is 2. The number of nitrogens with one attached hydrogen (secondary N) is 2. The van der Waals surface area contributed by atoms with E-state index in [4.69, 9.17) is 15.2 Å². The molecular weight excluding hydrogens is 316 g/mol. The first-order valence-electron chi connectivity index (χ1n) is 7.50. The predicted octanol–water partition coefficient (Wildman–Crippen LogP) is 1.64. The molecule has 4 amide bonds. The Labute approximate surface area is 141 Å². The minimum absolute atomic E-state index is 0.105. The Balaban J connectivity index is 2.67. The highest BCUT2D eigenvalue weighted by molar-refractivity contribution is 5.93. The first-order chi connectivity index (χ1) is 10.7. The van der Waals surface area contributed by atoms with Gasteiger partial charge in [-0.25, -0.2) is 19.3 Å². The Morgan fingerprint density at radius 1 is 1.21 bits per heavy atom. The maximum Gasteiger partial charge on any atom is 0.422 e. The molecular formula is C15H26N4O5. The summed E-state index contributed by atoms with van der Waals surface area (Å²) in [7, 11) is 0. The van der Waals surface area contributed by atoms with Crippen LogP contribution in [-0.2, 0) is 9.47 Å². The van der Waals surface area contributed by atoms with Gasteiger partial charge < -0.3 is 25.8 Å². The molecule has 0 aromatic carbocycles. The van der Waals surface area contributed by atoms with Crippen LogP contribution >= 0.6 is 0 Å². The molecule has 1 aliphatic heterocycles. The minimum Gasteiger partial charge on any atom is -0.444 e. The van der Waals surface area contributed by atoms with Crippen LogP contribution in [0.5, 0.6) is 0 Å². The van der Waals surface area contributed by atoms with Gasteiger partial charge in [0.15, 0.2) is 0 Å². The van der Waals surface area contributed by atoms with Gasteiger partial charge in [0, 0.05) is 6.20 Å². The van der Waals surface area contributed by atoms with Crippen molar-refractivity contribution in [1.29, 1.82) is 0 Å². The average molecular weight is 342 g/mol. The fourth-order valence-electron chi connectivity index (χ4n) is 1.67. The number of carbonyl (C=O) groups excluding carboxylic acids is 3. The number of nitrogens with two attached hydrogens (primary N) is 1. The fourth-order valence-corrected chi connectivity index (χ4v) is 1.67. The summed E-state index contributed by atoms with van der Waals surface area (Å²) in [5.41, 5.74) is 3.26. The van der Waals surface area contributed by atoms with E-state index in [2.05, 4.69) is 10.6 Å². The second kappa shape index (κ2) is 6.68. The molecule has 0 spiro atoms. The van der Waals surface area contributed by atoms with Gasteiger partial charge in [-0.05, 0) is 47.6 Å². The molecule has 136 valence electrons. The number of urea groups is 1. The molecule has 24 heavy (non-hydrogen) atoms. The van der Waals surface area contributed by atoms with E-state index in [1.165, 1.54) is 12.3 Å². The van der Waals surface area contributed by atoms with Crippen molar-refractivity contribution in [2.75, 3.05) is 6.54 Å². The summed E-state index contributed by atoms with van der Waals surface area (Å²) in [4.78, 5) is 36.4. The van der Waals surface area contributed by atoms with Gasteiger partial charge in [0.05, 0.1) is 6.54 Å². The number of rotatable bonds is 2. The van der Waals surface area contributed by atoms with E-state index in [-0.39, 0.29) is 6.54 Å². The number of carbonyl (C=O) groups is 3. The van der Waals surface area contributed by atoms with E-state index in [0.717, 1.165) is 4.90 Å². The van der Waals surface area contributed by atoms with Gasteiger partial charge in [0.2, 0.25) is 0 Å². The summed E-state index contributed by atoms with van der Waals surface area (Å²) in [6.45, 7) is 10.1. The number of alkyl carbamates (subject to hydrolysis) is 1. The van der Waals surface area contributed by atoms with Crippen LogP contribution in [0, 0.1) is 0 Å². The lowest BCUT2D eigenvalue weighted by Crippen LogP contribution is -2.65. The number of nitrogens with zero attached hydrogens (tertiary/aromatic N) is 1. The van der Waals surface area contributed by atoms with E-state index in [1.807, 2.05) is 0 Å². The maximum absolute atomic E-state index is 12.0. The van der Waals surface area contributed by atoms with Crippen molar-refractivity contribution in [2.45, 2.75) is 58.4 Å². The highest BCUT2D eigenvalue weighted by Gasteiger charge is 2.35. The zero-order chi connectivity index (χ0) is 18.8. The van der Waals surface area contributed by atoms with E-state index in [9.17, 15) is 14.4 Å². The van der Waals surface area contributed by atoms with Crippen molar-refractivity contribution < 1.29 is 23.9 Å². The highest BCUT2D eigenvalue weighted by Crippen LogP contribution is 2.14. The Bertz CT molecular complexity index is 547. The SMILES string of the molecule is CC(C)(C)OC(=O)NCC1(N)C=CN(C(=O)OC(C)(C)C)C(=O)N1. The summed E-state index contributed by atoms with van der Waals surface area (Å²) in [6.07, 6.45) is 1.11. The highest BCUT2D eigenvalue weighted by atomic mass is 16.6. The summed E-state index contributed by atoms with van der Waals surface area (Å²) in [6, 6.07) is -0.750. The van der Waals surface area contributed by atoms with Crippen LogP contribution in [0.3, 0.4) is 0 Å². The lowest BCUT2D eigenvalue weighted by molar-refractivity contribution is 0.0368. The summed E-state index contributed by atoms with van der Waals surface area (Å²) in [5, 5.41) is 4.90. The summed E-state index contributed by atoms with van der Waals surface area (Å²) in [5.74, 6) is 0. The van der Waals surface area contributed by atoms with Crippen molar-refractivity contribution in [1.82, 2.24) is 15.5 Å². The van der Waals surface area contributed by atoms with Gasteiger partial charge in [-0.1, -0.05) is 0 Å². The lowest BCUT2D eigenvalue weighted by Gasteiger charge is -2.34. The molecule has 0 bridgehead atoms. The van der Waals surface area contributed by atoms with E-state index < -0.39 is 35.1 Å². The van der Waals surface area contributed by atoms with Gasteiger partial charge in [0.25, 0.3) is 0 Å². The third-order valence-corrected chi connectivity index (χ3v) is 2.59. The molecule has 1 unspecified atom stereocenters. The molecule has 0 aromatic rings. The zero-order valence-electron chi connectivity index (χ0n) is 14.9. The normalized spacial score (nSPS) is 21.1. The molecule has 0 aliphatic carbocycles. The third-order valence-electron chi connectivity index (χ3n) is 2.59. The van der Waals surface area contributed by atoms with Crippen LogP contribution < -0.4 is 16.4 Å². The van der Waals surface area contributed by atoms with E-state index in [0.29, 0.717) is 0 Å².